The van der Waals surface area contributed by atoms with Crippen LogP contribution in [0.5, 0.6) is 0 Å². The average molecular weight is 287 g/mol. The molecule has 5 heteroatoms. The number of anilines is 1. The number of halogens is 2. The minimum Gasteiger partial charge on any atom is -0.346 e. The molecule has 0 aromatic heterocycles. The molecule has 0 spiro atoms. The lowest BCUT2D eigenvalue weighted by atomic mass is 10.0. The molecule has 0 saturated carbocycles. The minimum atomic E-state index is -0.417. The van der Waals surface area contributed by atoms with Gasteiger partial charge in [-0.05, 0) is 56.6 Å². The zero-order chi connectivity index (χ0) is 13.1. The third-order valence-corrected chi connectivity index (χ3v) is 3.86. The van der Waals surface area contributed by atoms with Crippen LogP contribution in [0, 0.1) is 5.82 Å². The van der Waals surface area contributed by atoms with Crippen LogP contribution in [0.1, 0.15) is 26.2 Å². The van der Waals surface area contributed by atoms with E-state index >= 15 is 0 Å². The van der Waals surface area contributed by atoms with E-state index in [1.807, 2.05) is 0 Å². The van der Waals surface area contributed by atoms with Crippen LogP contribution in [0.15, 0.2) is 18.2 Å². The van der Waals surface area contributed by atoms with Crippen LogP contribution in [0.3, 0.4) is 0 Å². The van der Waals surface area contributed by atoms with E-state index in [-0.39, 0.29) is 5.02 Å². The summed E-state index contributed by atoms with van der Waals surface area (Å²) in [6.07, 6.45) is 3.57. The molecule has 1 atom stereocenters. The first-order chi connectivity index (χ1) is 8.58. The summed E-state index contributed by atoms with van der Waals surface area (Å²) < 4.78 is 13.0. The van der Waals surface area contributed by atoms with E-state index in [1.165, 1.54) is 12.5 Å². The molecule has 0 amide bonds. The second kappa shape index (κ2) is 5.85. The van der Waals surface area contributed by atoms with Gasteiger partial charge in [-0.1, -0.05) is 11.6 Å². The fraction of sp³-hybridized carbons (Fsp3) is 0.462. The van der Waals surface area contributed by atoms with Gasteiger partial charge in [-0.3, -0.25) is 0 Å². The molecule has 98 valence electrons. The molecule has 0 aliphatic carbocycles. The molecule has 1 heterocycles. The van der Waals surface area contributed by atoms with Crippen molar-refractivity contribution in [1.82, 2.24) is 4.90 Å². The van der Waals surface area contributed by atoms with Crippen molar-refractivity contribution >= 4 is 34.6 Å². The molecule has 0 radical (unpaired) electrons. The maximum Gasteiger partial charge on any atom is 0.173 e. The van der Waals surface area contributed by atoms with E-state index in [0.29, 0.717) is 11.2 Å². The fourth-order valence-electron chi connectivity index (χ4n) is 2.17. The quantitative estimate of drug-likeness (QED) is 0.784. The van der Waals surface area contributed by atoms with Crippen molar-refractivity contribution in [3.63, 3.8) is 0 Å². The predicted molar refractivity (Wildman–Crippen MR) is 77.6 cm³/mol. The van der Waals surface area contributed by atoms with Crippen LogP contribution in [-0.2, 0) is 0 Å². The number of thiocarbonyl (C=S) groups is 1. The van der Waals surface area contributed by atoms with Crippen molar-refractivity contribution in [2.75, 3.05) is 11.9 Å². The molecule has 18 heavy (non-hydrogen) atoms. The molecule has 1 saturated heterocycles. The molecule has 0 bridgehead atoms. The van der Waals surface area contributed by atoms with Gasteiger partial charge < -0.3 is 10.2 Å². The molecule has 1 fully saturated rings. The van der Waals surface area contributed by atoms with Crippen LogP contribution in [0.25, 0.3) is 0 Å². The number of benzene rings is 1. The monoisotopic (exact) mass is 286 g/mol. The van der Waals surface area contributed by atoms with Gasteiger partial charge in [0, 0.05) is 18.3 Å². The molecular formula is C13H16ClFN2S. The van der Waals surface area contributed by atoms with Gasteiger partial charge in [0.25, 0.3) is 0 Å². The lowest BCUT2D eigenvalue weighted by Crippen LogP contribution is -2.44. The predicted octanol–water partition coefficient (Wildman–Crippen LogP) is 4.05. The van der Waals surface area contributed by atoms with Crippen molar-refractivity contribution in [2.24, 2.45) is 0 Å². The molecule has 1 N–H and O–H groups in total. The van der Waals surface area contributed by atoms with Crippen molar-refractivity contribution in [3.8, 4) is 0 Å². The second-order valence-electron chi connectivity index (χ2n) is 4.60. The number of hydrogen-bond acceptors (Lipinski definition) is 1. The Hall–Kier alpha value is -0.870. The van der Waals surface area contributed by atoms with Gasteiger partial charge >= 0.3 is 0 Å². The second-order valence-corrected chi connectivity index (χ2v) is 5.39. The first kappa shape index (κ1) is 13.6. The van der Waals surface area contributed by atoms with Crippen molar-refractivity contribution < 1.29 is 4.39 Å². The lowest BCUT2D eigenvalue weighted by molar-refractivity contribution is 0.262. The standard InChI is InChI=1S/C13H16ClFN2S/c1-9-4-2-3-7-17(9)13(18)16-10-5-6-12(15)11(14)8-10/h5-6,8-9H,2-4,7H2,1H3,(H,16,18)/t9-/m0/s1. The molecule has 1 aromatic carbocycles. The maximum atomic E-state index is 13.0. The smallest absolute Gasteiger partial charge is 0.173 e. The SMILES string of the molecule is C[C@H]1CCCCN1C(=S)Nc1ccc(F)c(Cl)c1. The first-order valence-corrected chi connectivity index (χ1v) is 6.89. The third-order valence-electron chi connectivity index (χ3n) is 3.23. The largest absolute Gasteiger partial charge is 0.346 e. The number of nitrogens with one attached hydrogen (secondary N) is 1. The van der Waals surface area contributed by atoms with Gasteiger partial charge in [0.2, 0.25) is 0 Å². The Balaban J connectivity index is 2.04. The summed E-state index contributed by atoms with van der Waals surface area (Å²) in [6.45, 7) is 3.15. The van der Waals surface area contributed by atoms with E-state index in [0.717, 1.165) is 25.1 Å². The highest BCUT2D eigenvalue weighted by Gasteiger charge is 2.20. The zero-order valence-corrected chi connectivity index (χ0v) is 11.8. The van der Waals surface area contributed by atoms with E-state index < -0.39 is 5.82 Å². The Morgan fingerprint density at radius 2 is 2.28 bits per heavy atom. The summed E-state index contributed by atoms with van der Waals surface area (Å²) in [5.41, 5.74) is 0.726. The van der Waals surface area contributed by atoms with Gasteiger partial charge in [-0.15, -0.1) is 0 Å². The number of piperidine rings is 1. The maximum absolute atomic E-state index is 13.0. The average Bonchev–Trinajstić information content (AvgIpc) is 2.34. The summed E-state index contributed by atoms with van der Waals surface area (Å²) >= 11 is 11.1. The molecular weight excluding hydrogens is 271 g/mol. The Kier molecular flexibility index (Phi) is 4.40. The molecule has 1 aliphatic rings. The number of nitrogens with zero attached hydrogens (tertiary/aromatic N) is 1. The fourth-order valence-corrected chi connectivity index (χ4v) is 2.74. The van der Waals surface area contributed by atoms with Gasteiger partial charge in [-0.25, -0.2) is 4.39 Å². The highest BCUT2D eigenvalue weighted by molar-refractivity contribution is 7.80. The van der Waals surface area contributed by atoms with Crippen LogP contribution in [-0.4, -0.2) is 22.6 Å². The van der Waals surface area contributed by atoms with E-state index in [9.17, 15) is 4.39 Å². The summed E-state index contributed by atoms with van der Waals surface area (Å²) in [5, 5.41) is 3.91. The van der Waals surface area contributed by atoms with E-state index in [4.69, 9.17) is 23.8 Å². The van der Waals surface area contributed by atoms with Crippen LogP contribution in [0.2, 0.25) is 5.02 Å². The topological polar surface area (TPSA) is 15.3 Å². The molecule has 0 unspecified atom stereocenters. The number of likely N-dealkylation sites (tertiary alicyclic amines) is 1. The summed E-state index contributed by atoms with van der Waals surface area (Å²) in [4.78, 5) is 2.18. The van der Waals surface area contributed by atoms with Gasteiger partial charge in [0.05, 0.1) is 5.02 Å². The highest BCUT2D eigenvalue weighted by atomic mass is 35.5. The van der Waals surface area contributed by atoms with Crippen LogP contribution < -0.4 is 5.32 Å². The van der Waals surface area contributed by atoms with Crippen LogP contribution >= 0.6 is 23.8 Å². The Bertz CT molecular complexity index is 453. The molecule has 1 aliphatic heterocycles. The minimum absolute atomic E-state index is 0.106. The van der Waals surface area contributed by atoms with Crippen molar-refractivity contribution in [3.05, 3.63) is 29.0 Å². The molecule has 1 aromatic rings. The van der Waals surface area contributed by atoms with E-state index in [2.05, 4.69) is 17.1 Å². The van der Waals surface area contributed by atoms with Gasteiger partial charge in [0.1, 0.15) is 5.82 Å². The number of rotatable bonds is 1. The van der Waals surface area contributed by atoms with Crippen molar-refractivity contribution in [2.45, 2.75) is 32.2 Å². The van der Waals surface area contributed by atoms with Crippen LogP contribution in [0.4, 0.5) is 10.1 Å². The summed E-state index contributed by atoms with van der Waals surface area (Å²) in [5.74, 6) is -0.417. The first-order valence-electron chi connectivity index (χ1n) is 6.10. The Morgan fingerprint density at radius 1 is 1.50 bits per heavy atom. The molecule has 2 nitrogen and oxygen atoms in total. The lowest BCUT2D eigenvalue weighted by Gasteiger charge is -2.35. The molecule has 2 rings (SSSR count). The van der Waals surface area contributed by atoms with E-state index in [1.54, 1.807) is 12.1 Å². The number of hydrogen-bond donors (Lipinski definition) is 1. The summed E-state index contributed by atoms with van der Waals surface area (Å²) in [6, 6.07) is 4.99. The Labute approximate surface area is 117 Å². The van der Waals surface area contributed by atoms with Gasteiger partial charge in [0.15, 0.2) is 5.11 Å². The van der Waals surface area contributed by atoms with Gasteiger partial charge in [-0.2, -0.15) is 0 Å². The highest BCUT2D eigenvalue weighted by Crippen LogP contribution is 2.21. The zero-order valence-electron chi connectivity index (χ0n) is 10.2. The summed E-state index contributed by atoms with van der Waals surface area (Å²) in [7, 11) is 0. The Morgan fingerprint density at radius 3 is 2.94 bits per heavy atom. The normalized spacial score (nSPS) is 19.7. The van der Waals surface area contributed by atoms with Crippen molar-refractivity contribution in [1.29, 1.82) is 0 Å². The third kappa shape index (κ3) is 3.12.